The van der Waals surface area contributed by atoms with Gasteiger partial charge in [0, 0.05) is 24.5 Å². The van der Waals surface area contributed by atoms with Crippen LogP contribution in [0.1, 0.15) is 30.6 Å². The molecule has 1 atom stereocenters. The van der Waals surface area contributed by atoms with Crippen LogP contribution in [-0.4, -0.2) is 35.5 Å². The summed E-state index contributed by atoms with van der Waals surface area (Å²) in [5, 5.41) is 6.51. The van der Waals surface area contributed by atoms with Crippen molar-refractivity contribution in [3.05, 3.63) is 23.9 Å². The van der Waals surface area contributed by atoms with Crippen LogP contribution in [-0.2, 0) is 0 Å². The summed E-state index contributed by atoms with van der Waals surface area (Å²) in [5.41, 5.74) is 0.610. The number of pyridine rings is 1. The lowest BCUT2D eigenvalue weighted by Gasteiger charge is -2.12. The highest BCUT2D eigenvalue weighted by Gasteiger charge is 2.12. The van der Waals surface area contributed by atoms with E-state index < -0.39 is 0 Å². The normalized spacial score (nSPS) is 11.9. The summed E-state index contributed by atoms with van der Waals surface area (Å²) in [6, 6.07) is 3.58. The highest BCUT2D eigenvalue weighted by atomic mass is 32.2. The summed E-state index contributed by atoms with van der Waals surface area (Å²) in [4.78, 5) is 16.3. The maximum absolute atomic E-state index is 12.0. The minimum Gasteiger partial charge on any atom is -0.369 e. The summed E-state index contributed by atoms with van der Waals surface area (Å²) >= 11 is 1.73. The lowest BCUT2D eigenvalue weighted by molar-refractivity contribution is 0.0954. The Morgan fingerprint density at radius 1 is 1.56 bits per heavy atom. The maximum Gasteiger partial charge on any atom is 0.255 e. The molecule has 0 aromatic carbocycles. The molecule has 1 heterocycles. The number of amides is 1. The number of hydrogen-bond acceptors (Lipinski definition) is 4. The van der Waals surface area contributed by atoms with Crippen molar-refractivity contribution in [2.75, 3.05) is 24.7 Å². The van der Waals surface area contributed by atoms with Crippen LogP contribution in [0.5, 0.6) is 0 Å². The summed E-state index contributed by atoms with van der Waals surface area (Å²) < 4.78 is 0. The molecule has 0 aliphatic heterocycles. The number of anilines is 1. The topological polar surface area (TPSA) is 54.0 Å². The molecule has 1 rings (SSSR count). The Bertz CT molecular complexity index is 384. The van der Waals surface area contributed by atoms with Crippen LogP contribution in [0.2, 0.25) is 0 Å². The second-order valence-electron chi connectivity index (χ2n) is 4.08. The van der Waals surface area contributed by atoms with Crippen molar-refractivity contribution in [3.63, 3.8) is 0 Å². The molecule has 100 valence electrons. The Hall–Kier alpha value is -1.23. The number of carbonyl (C=O) groups is 1. The number of nitrogens with one attached hydrogen (secondary N) is 2. The SMILES string of the molecule is CCCNc1ncccc1C(=O)NCC(C)SC. The average molecular weight is 267 g/mol. The van der Waals surface area contributed by atoms with Crippen LogP contribution in [0.4, 0.5) is 5.82 Å². The molecule has 0 aliphatic rings. The minimum atomic E-state index is -0.0670. The Morgan fingerprint density at radius 3 is 3.00 bits per heavy atom. The van der Waals surface area contributed by atoms with Gasteiger partial charge in [0.1, 0.15) is 5.82 Å². The standard InChI is InChI=1S/C13H21N3OS/c1-4-7-14-12-11(6-5-8-15-12)13(17)16-9-10(2)18-3/h5-6,8,10H,4,7,9H2,1-3H3,(H,14,15)(H,16,17). The monoisotopic (exact) mass is 267 g/mol. The van der Waals surface area contributed by atoms with E-state index in [4.69, 9.17) is 0 Å². The van der Waals surface area contributed by atoms with E-state index in [0.717, 1.165) is 13.0 Å². The molecule has 0 bridgehead atoms. The van der Waals surface area contributed by atoms with Crippen molar-refractivity contribution in [2.45, 2.75) is 25.5 Å². The van der Waals surface area contributed by atoms with E-state index in [1.54, 1.807) is 30.1 Å². The molecular formula is C13H21N3OS. The molecule has 0 aliphatic carbocycles. The summed E-state index contributed by atoms with van der Waals surface area (Å²) in [5.74, 6) is 0.594. The lowest BCUT2D eigenvalue weighted by atomic mass is 10.2. The second-order valence-corrected chi connectivity index (χ2v) is 5.36. The fraction of sp³-hybridized carbons (Fsp3) is 0.538. The largest absolute Gasteiger partial charge is 0.369 e. The van der Waals surface area contributed by atoms with Gasteiger partial charge in [-0.25, -0.2) is 4.98 Å². The molecule has 1 amide bonds. The van der Waals surface area contributed by atoms with Gasteiger partial charge in [0.25, 0.3) is 5.91 Å². The lowest BCUT2D eigenvalue weighted by Crippen LogP contribution is -2.30. The zero-order valence-corrected chi connectivity index (χ0v) is 12.0. The molecule has 2 N–H and O–H groups in total. The summed E-state index contributed by atoms with van der Waals surface area (Å²) in [6.07, 6.45) is 4.73. The number of thioether (sulfide) groups is 1. The number of rotatable bonds is 7. The Labute approximate surface area is 113 Å². The Kier molecular flexibility index (Phi) is 6.57. The van der Waals surface area contributed by atoms with Crippen LogP contribution >= 0.6 is 11.8 Å². The van der Waals surface area contributed by atoms with Crippen molar-refractivity contribution in [1.29, 1.82) is 0 Å². The zero-order chi connectivity index (χ0) is 13.4. The van der Waals surface area contributed by atoms with Gasteiger partial charge in [0.15, 0.2) is 0 Å². The molecule has 4 nitrogen and oxygen atoms in total. The number of hydrogen-bond donors (Lipinski definition) is 2. The van der Waals surface area contributed by atoms with Crippen molar-refractivity contribution in [3.8, 4) is 0 Å². The third-order valence-electron chi connectivity index (χ3n) is 2.55. The van der Waals surface area contributed by atoms with Gasteiger partial charge in [-0.2, -0.15) is 11.8 Å². The molecule has 0 fully saturated rings. The number of nitrogens with zero attached hydrogens (tertiary/aromatic N) is 1. The van der Waals surface area contributed by atoms with Gasteiger partial charge in [0.05, 0.1) is 5.56 Å². The summed E-state index contributed by atoms with van der Waals surface area (Å²) in [6.45, 7) is 5.65. The van der Waals surface area contributed by atoms with Crippen LogP contribution in [0.25, 0.3) is 0 Å². The fourth-order valence-corrected chi connectivity index (χ4v) is 1.64. The van der Waals surface area contributed by atoms with Crippen molar-refractivity contribution in [1.82, 2.24) is 10.3 Å². The molecule has 0 saturated carbocycles. The molecule has 1 unspecified atom stereocenters. The highest BCUT2D eigenvalue weighted by Crippen LogP contribution is 2.11. The Balaban J connectivity index is 2.66. The van der Waals surface area contributed by atoms with Crippen molar-refractivity contribution < 1.29 is 4.79 Å². The first-order chi connectivity index (χ1) is 8.69. The molecular weight excluding hydrogens is 246 g/mol. The minimum absolute atomic E-state index is 0.0670. The predicted molar refractivity (Wildman–Crippen MR) is 78.3 cm³/mol. The van der Waals surface area contributed by atoms with E-state index in [-0.39, 0.29) is 5.91 Å². The molecule has 0 spiro atoms. The van der Waals surface area contributed by atoms with Gasteiger partial charge < -0.3 is 10.6 Å². The van der Waals surface area contributed by atoms with Crippen molar-refractivity contribution in [2.24, 2.45) is 0 Å². The van der Waals surface area contributed by atoms with E-state index >= 15 is 0 Å². The number of aromatic nitrogens is 1. The van der Waals surface area contributed by atoms with E-state index in [1.807, 2.05) is 6.26 Å². The average Bonchev–Trinajstić information content (AvgIpc) is 2.42. The fourth-order valence-electron chi connectivity index (χ4n) is 1.39. The molecule has 0 saturated heterocycles. The highest BCUT2D eigenvalue weighted by molar-refractivity contribution is 7.99. The second kappa shape index (κ2) is 7.97. The molecule has 18 heavy (non-hydrogen) atoms. The first kappa shape index (κ1) is 14.8. The van der Waals surface area contributed by atoms with E-state index in [1.165, 1.54) is 0 Å². The predicted octanol–water partition coefficient (Wildman–Crippen LogP) is 2.38. The molecule has 1 aromatic rings. The van der Waals surface area contributed by atoms with Gasteiger partial charge in [-0.15, -0.1) is 0 Å². The number of carbonyl (C=O) groups excluding carboxylic acids is 1. The molecule has 5 heteroatoms. The Morgan fingerprint density at radius 2 is 2.33 bits per heavy atom. The van der Waals surface area contributed by atoms with Gasteiger partial charge in [-0.1, -0.05) is 13.8 Å². The van der Waals surface area contributed by atoms with Crippen molar-refractivity contribution >= 4 is 23.5 Å². The first-order valence-corrected chi connectivity index (χ1v) is 7.47. The third kappa shape index (κ3) is 4.56. The van der Waals surface area contributed by atoms with Crippen LogP contribution in [0, 0.1) is 0 Å². The van der Waals surface area contributed by atoms with Gasteiger partial charge in [-0.3, -0.25) is 4.79 Å². The third-order valence-corrected chi connectivity index (χ3v) is 3.52. The van der Waals surface area contributed by atoms with Gasteiger partial charge >= 0.3 is 0 Å². The smallest absolute Gasteiger partial charge is 0.255 e. The van der Waals surface area contributed by atoms with E-state index in [0.29, 0.717) is 23.2 Å². The molecule has 1 aromatic heterocycles. The summed E-state index contributed by atoms with van der Waals surface area (Å²) in [7, 11) is 0. The maximum atomic E-state index is 12.0. The zero-order valence-electron chi connectivity index (χ0n) is 11.2. The molecule has 0 radical (unpaired) electrons. The van der Waals surface area contributed by atoms with Crippen LogP contribution in [0.3, 0.4) is 0 Å². The quantitative estimate of drug-likeness (QED) is 0.796. The first-order valence-electron chi connectivity index (χ1n) is 6.19. The van der Waals surface area contributed by atoms with E-state index in [9.17, 15) is 4.79 Å². The van der Waals surface area contributed by atoms with E-state index in [2.05, 4.69) is 29.5 Å². The van der Waals surface area contributed by atoms with Crippen LogP contribution in [0.15, 0.2) is 18.3 Å². The van der Waals surface area contributed by atoms with Crippen LogP contribution < -0.4 is 10.6 Å². The van der Waals surface area contributed by atoms with Gasteiger partial charge in [0.2, 0.25) is 0 Å². The van der Waals surface area contributed by atoms with Gasteiger partial charge in [-0.05, 0) is 24.8 Å².